The fourth-order valence-electron chi connectivity index (χ4n) is 3.46. The first kappa shape index (κ1) is 25.2. The quantitative estimate of drug-likeness (QED) is 0.338. The summed E-state index contributed by atoms with van der Waals surface area (Å²) in [5.41, 5.74) is 0.461. The van der Waals surface area contributed by atoms with Crippen LogP contribution in [0.5, 0.6) is 5.75 Å². The Bertz CT molecular complexity index is 932. The standard InChI is InChI=1S/C21H24F3N3O4S2/c1-2-30-17(28)13-32-18-11-25-19(33-18)26-20(29)27(12-14-5-3-4-6-14)15-7-9-16(10-8-15)31-21(22,23)24/h7-11,14H,2-6,12-13H2,1H3,(H,25,26,29). The Morgan fingerprint density at radius 2 is 1.94 bits per heavy atom. The molecule has 0 atom stereocenters. The summed E-state index contributed by atoms with van der Waals surface area (Å²) in [5.74, 6) is -0.226. The van der Waals surface area contributed by atoms with E-state index in [1.807, 2.05) is 0 Å². The summed E-state index contributed by atoms with van der Waals surface area (Å²) in [5, 5.41) is 3.12. The minimum absolute atomic E-state index is 0.142. The molecule has 1 aromatic heterocycles. The number of hydrogen-bond acceptors (Lipinski definition) is 7. The number of thiazole rings is 1. The van der Waals surface area contributed by atoms with E-state index in [9.17, 15) is 22.8 Å². The number of esters is 1. The second-order valence-electron chi connectivity index (χ2n) is 7.31. The molecule has 33 heavy (non-hydrogen) atoms. The van der Waals surface area contributed by atoms with Crippen molar-refractivity contribution >= 4 is 45.9 Å². The van der Waals surface area contributed by atoms with Crippen LogP contribution < -0.4 is 15.0 Å². The van der Waals surface area contributed by atoms with Gasteiger partial charge in [-0.1, -0.05) is 24.2 Å². The van der Waals surface area contributed by atoms with Crippen molar-refractivity contribution in [3.8, 4) is 5.75 Å². The molecular formula is C21H24F3N3O4S2. The Labute approximate surface area is 197 Å². The number of urea groups is 1. The molecule has 1 aromatic carbocycles. The monoisotopic (exact) mass is 503 g/mol. The van der Waals surface area contributed by atoms with Gasteiger partial charge in [-0.25, -0.2) is 9.78 Å². The van der Waals surface area contributed by atoms with Gasteiger partial charge in [0.2, 0.25) is 0 Å². The summed E-state index contributed by atoms with van der Waals surface area (Å²) in [4.78, 5) is 30.3. The van der Waals surface area contributed by atoms with Gasteiger partial charge in [0.25, 0.3) is 0 Å². The molecule has 1 aliphatic carbocycles. The first-order valence-electron chi connectivity index (χ1n) is 10.4. The molecule has 1 fully saturated rings. The molecule has 2 aromatic rings. The molecule has 1 saturated carbocycles. The lowest BCUT2D eigenvalue weighted by Gasteiger charge is -2.26. The van der Waals surface area contributed by atoms with E-state index in [1.54, 1.807) is 13.1 Å². The fourth-order valence-corrected chi connectivity index (χ4v) is 5.12. The average Bonchev–Trinajstić information content (AvgIpc) is 3.42. The van der Waals surface area contributed by atoms with E-state index in [0.717, 1.165) is 29.9 Å². The number of carbonyl (C=O) groups excluding carboxylic acids is 2. The minimum Gasteiger partial charge on any atom is -0.465 e. The number of nitrogens with zero attached hydrogens (tertiary/aromatic N) is 2. The molecule has 180 valence electrons. The lowest BCUT2D eigenvalue weighted by Crippen LogP contribution is -2.38. The molecule has 7 nitrogen and oxygen atoms in total. The van der Waals surface area contributed by atoms with Crippen LogP contribution in [0.2, 0.25) is 0 Å². The van der Waals surface area contributed by atoms with Crippen LogP contribution in [0.1, 0.15) is 32.6 Å². The summed E-state index contributed by atoms with van der Waals surface area (Å²) >= 11 is 2.49. The molecule has 0 aliphatic heterocycles. The maximum Gasteiger partial charge on any atom is 0.573 e. The summed E-state index contributed by atoms with van der Waals surface area (Å²) < 4.78 is 46.9. The maximum atomic E-state index is 13.1. The highest BCUT2D eigenvalue weighted by Gasteiger charge is 2.31. The van der Waals surface area contributed by atoms with Crippen molar-refractivity contribution in [2.24, 2.45) is 5.92 Å². The van der Waals surface area contributed by atoms with Crippen LogP contribution >= 0.6 is 23.1 Å². The van der Waals surface area contributed by atoms with Crippen LogP contribution in [0.25, 0.3) is 0 Å². The number of anilines is 2. The highest BCUT2D eigenvalue weighted by molar-refractivity contribution is 8.01. The maximum absolute atomic E-state index is 13.1. The zero-order chi connectivity index (χ0) is 23.8. The number of halogens is 3. The summed E-state index contributed by atoms with van der Waals surface area (Å²) in [7, 11) is 0. The summed E-state index contributed by atoms with van der Waals surface area (Å²) in [6, 6.07) is 4.80. The Morgan fingerprint density at radius 1 is 1.24 bits per heavy atom. The van der Waals surface area contributed by atoms with E-state index in [1.165, 1.54) is 52.3 Å². The van der Waals surface area contributed by atoms with Gasteiger partial charge in [0.1, 0.15) is 5.75 Å². The predicted molar refractivity (Wildman–Crippen MR) is 121 cm³/mol. The SMILES string of the molecule is CCOC(=O)CSc1cnc(NC(=O)N(CC2CCCC2)c2ccc(OC(F)(F)F)cc2)s1. The van der Waals surface area contributed by atoms with Crippen LogP contribution in [0.3, 0.4) is 0 Å². The molecule has 1 N–H and O–H groups in total. The van der Waals surface area contributed by atoms with Crippen LogP contribution in [-0.4, -0.2) is 42.3 Å². The first-order chi connectivity index (χ1) is 15.7. The molecule has 1 aliphatic rings. The van der Waals surface area contributed by atoms with Crippen molar-refractivity contribution < 1.29 is 32.2 Å². The van der Waals surface area contributed by atoms with Gasteiger partial charge < -0.3 is 9.47 Å². The normalized spacial score (nSPS) is 14.2. The Hall–Kier alpha value is -2.47. The van der Waals surface area contributed by atoms with Gasteiger partial charge in [0, 0.05) is 12.2 Å². The van der Waals surface area contributed by atoms with Gasteiger partial charge in [-0.3, -0.25) is 15.0 Å². The van der Waals surface area contributed by atoms with Crippen molar-refractivity contribution in [1.82, 2.24) is 4.98 Å². The zero-order valence-electron chi connectivity index (χ0n) is 17.9. The second kappa shape index (κ2) is 11.6. The van der Waals surface area contributed by atoms with Crippen molar-refractivity contribution in [3.05, 3.63) is 30.5 Å². The average molecular weight is 504 g/mol. The first-order valence-corrected chi connectivity index (χ1v) is 12.2. The Morgan fingerprint density at radius 3 is 2.58 bits per heavy atom. The van der Waals surface area contributed by atoms with Crippen molar-refractivity contribution in [2.75, 3.05) is 29.1 Å². The fraction of sp³-hybridized carbons (Fsp3) is 0.476. The van der Waals surface area contributed by atoms with E-state index in [-0.39, 0.29) is 17.5 Å². The number of benzene rings is 1. The van der Waals surface area contributed by atoms with Gasteiger partial charge in [-0.05, 0) is 49.9 Å². The van der Waals surface area contributed by atoms with E-state index in [2.05, 4.69) is 15.0 Å². The van der Waals surface area contributed by atoms with Gasteiger partial charge in [0.05, 0.1) is 22.8 Å². The number of rotatable bonds is 9. The topological polar surface area (TPSA) is 80.8 Å². The van der Waals surface area contributed by atoms with Crippen LogP contribution in [0.4, 0.5) is 28.8 Å². The summed E-state index contributed by atoms with van der Waals surface area (Å²) in [6.07, 6.45) is 0.943. The van der Waals surface area contributed by atoms with Gasteiger partial charge >= 0.3 is 18.4 Å². The molecule has 0 saturated heterocycles. The number of carbonyl (C=O) groups is 2. The lowest BCUT2D eigenvalue weighted by atomic mass is 10.1. The number of ether oxygens (including phenoxy) is 2. The molecule has 0 spiro atoms. The van der Waals surface area contributed by atoms with Gasteiger partial charge in [-0.15, -0.1) is 24.9 Å². The molecule has 1 heterocycles. The molecule has 12 heteroatoms. The van der Waals surface area contributed by atoms with Crippen LogP contribution in [0.15, 0.2) is 34.7 Å². The zero-order valence-corrected chi connectivity index (χ0v) is 19.5. The molecule has 0 unspecified atom stereocenters. The second-order valence-corrected chi connectivity index (χ2v) is 9.62. The van der Waals surface area contributed by atoms with Crippen LogP contribution in [0, 0.1) is 5.92 Å². The third-order valence-electron chi connectivity index (χ3n) is 4.88. The summed E-state index contributed by atoms with van der Waals surface area (Å²) in [6.45, 7) is 2.49. The highest BCUT2D eigenvalue weighted by atomic mass is 32.2. The predicted octanol–water partition coefficient (Wildman–Crippen LogP) is 5.93. The third-order valence-corrected chi connectivity index (χ3v) is 6.96. The van der Waals surface area contributed by atoms with Crippen molar-refractivity contribution in [3.63, 3.8) is 0 Å². The molecule has 0 radical (unpaired) electrons. The Kier molecular flexibility index (Phi) is 8.84. The highest BCUT2D eigenvalue weighted by Crippen LogP contribution is 2.32. The number of thioether (sulfide) groups is 1. The van der Waals surface area contributed by atoms with Crippen LogP contribution in [-0.2, 0) is 9.53 Å². The van der Waals surface area contributed by atoms with Gasteiger partial charge in [0.15, 0.2) is 5.13 Å². The van der Waals surface area contributed by atoms with Crippen molar-refractivity contribution in [1.29, 1.82) is 0 Å². The molecule has 2 amide bonds. The largest absolute Gasteiger partial charge is 0.573 e. The van der Waals surface area contributed by atoms with Gasteiger partial charge in [-0.2, -0.15) is 0 Å². The van der Waals surface area contributed by atoms with E-state index >= 15 is 0 Å². The number of amides is 2. The smallest absolute Gasteiger partial charge is 0.465 e. The third kappa shape index (κ3) is 8.11. The lowest BCUT2D eigenvalue weighted by molar-refractivity contribution is -0.274. The van der Waals surface area contributed by atoms with E-state index < -0.39 is 12.4 Å². The Balaban J connectivity index is 1.68. The van der Waals surface area contributed by atoms with Crippen molar-refractivity contribution in [2.45, 2.75) is 43.2 Å². The van der Waals surface area contributed by atoms with E-state index in [0.29, 0.717) is 29.9 Å². The molecular weight excluding hydrogens is 479 g/mol. The van der Waals surface area contributed by atoms with E-state index in [4.69, 9.17) is 4.74 Å². The number of alkyl halides is 3. The molecule has 3 rings (SSSR count). The minimum atomic E-state index is -4.78. The number of nitrogens with one attached hydrogen (secondary N) is 1. The number of hydrogen-bond donors (Lipinski definition) is 1. The number of aromatic nitrogens is 1. The molecule has 0 bridgehead atoms.